The first-order valence-electron chi connectivity index (χ1n) is 6.59. The quantitative estimate of drug-likeness (QED) is 0.921. The van der Waals surface area contributed by atoms with Gasteiger partial charge in [-0.3, -0.25) is 9.20 Å². The largest absolute Gasteiger partial charge is 0.394 e. The molecule has 19 heavy (non-hydrogen) atoms. The summed E-state index contributed by atoms with van der Waals surface area (Å²) >= 11 is 1.56. The Bertz CT molecular complexity index is 549. The van der Waals surface area contributed by atoms with Crippen LogP contribution in [0.4, 0.5) is 0 Å². The summed E-state index contributed by atoms with van der Waals surface area (Å²) in [6.45, 7) is 0.816. The van der Waals surface area contributed by atoms with Crippen LogP contribution in [0.5, 0.6) is 0 Å². The van der Waals surface area contributed by atoms with E-state index < -0.39 is 0 Å². The third kappa shape index (κ3) is 2.50. The van der Waals surface area contributed by atoms with Crippen LogP contribution < -0.4 is 0 Å². The number of hydrogen-bond donors (Lipinski definition) is 1. The molecule has 1 unspecified atom stereocenters. The number of aliphatic hydroxyl groups is 1. The van der Waals surface area contributed by atoms with Gasteiger partial charge in [-0.25, -0.2) is 4.98 Å². The molecular formula is C13H17N3O2S. The molecule has 1 atom stereocenters. The summed E-state index contributed by atoms with van der Waals surface area (Å²) in [6, 6.07) is -0.00928. The third-order valence-corrected chi connectivity index (χ3v) is 4.40. The van der Waals surface area contributed by atoms with Crippen LogP contribution in [-0.4, -0.2) is 44.5 Å². The second-order valence-electron chi connectivity index (χ2n) is 4.92. The van der Waals surface area contributed by atoms with Gasteiger partial charge in [-0.05, 0) is 19.3 Å². The number of rotatable bonds is 3. The zero-order valence-electron chi connectivity index (χ0n) is 10.7. The maximum atomic E-state index is 12.3. The zero-order chi connectivity index (χ0) is 13.2. The highest BCUT2D eigenvalue weighted by atomic mass is 32.1. The van der Waals surface area contributed by atoms with Crippen LogP contribution in [0.15, 0.2) is 17.8 Å². The summed E-state index contributed by atoms with van der Waals surface area (Å²) in [4.78, 5) is 19.5. The highest BCUT2D eigenvalue weighted by Crippen LogP contribution is 2.18. The number of imidazole rings is 1. The number of amides is 1. The second-order valence-corrected chi connectivity index (χ2v) is 5.79. The molecule has 0 aliphatic carbocycles. The fourth-order valence-electron chi connectivity index (χ4n) is 2.64. The second kappa shape index (κ2) is 5.30. The number of hydrogen-bond acceptors (Lipinski definition) is 4. The molecule has 1 aliphatic heterocycles. The molecule has 1 N–H and O–H groups in total. The minimum Gasteiger partial charge on any atom is -0.394 e. The van der Waals surface area contributed by atoms with Gasteiger partial charge in [0, 0.05) is 24.3 Å². The minimum atomic E-state index is -0.00928. The maximum absolute atomic E-state index is 12.3. The highest BCUT2D eigenvalue weighted by Gasteiger charge is 2.26. The van der Waals surface area contributed by atoms with Gasteiger partial charge in [0.25, 0.3) is 0 Å². The molecule has 5 nitrogen and oxygen atoms in total. The number of carbonyl (C=O) groups is 1. The van der Waals surface area contributed by atoms with E-state index in [2.05, 4.69) is 4.98 Å². The SMILES string of the molecule is O=C(Cc1cn2ccsc2n1)N1CCCCC1CO. The van der Waals surface area contributed by atoms with E-state index in [0.717, 1.165) is 36.5 Å². The molecule has 0 radical (unpaired) electrons. The average Bonchev–Trinajstić information content (AvgIpc) is 2.99. The van der Waals surface area contributed by atoms with E-state index in [9.17, 15) is 9.90 Å². The molecule has 3 heterocycles. The van der Waals surface area contributed by atoms with Gasteiger partial charge in [0.05, 0.1) is 24.8 Å². The highest BCUT2D eigenvalue weighted by molar-refractivity contribution is 7.15. The number of thiazole rings is 1. The normalized spacial score (nSPS) is 20.1. The van der Waals surface area contributed by atoms with Gasteiger partial charge >= 0.3 is 0 Å². The smallest absolute Gasteiger partial charge is 0.228 e. The monoisotopic (exact) mass is 279 g/mol. The Hall–Kier alpha value is -1.40. The number of aliphatic hydroxyl groups excluding tert-OH is 1. The van der Waals surface area contributed by atoms with Gasteiger partial charge < -0.3 is 10.0 Å². The average molecular weight is 279 g/mol. The fraction of sp³-hybridized carbons (Fsp3) is 0.538. The molecule has 0 spiro atoms. The first-order valence-corrected chi connectivity index (χ1v) is 7.47. The van der Waals surface area contributed by atoms with E-state index >= 15 is 0 Å². The number of carbonyl (C=O) groups excluding carboxylic acids is 1. The van der Waals surface area contributed by atoms with Crippen molar-refractivity contribution < 1.29 is 9.90 Å². The van der Waals surface area contributed by atoms with Crippen molar-refractivity contribution in [2.75, 3.05) is 13.2 Å². The lowest BCUT2D eigenvalue weighted by Crippen LogP contribution is -2.46. The standard InChI is InChI=1S/C13H17N3O2S/c17-9-11-3-1-2-4-16(11)12(18)7-10-8-15-5-6-19-13(15)14-10/h5-6,8,11,17H,1-4,7,9H2. The Balaban J connectivity index is 1.71. The summed E-state index contributed by atoms with van der Waals surface area (Å²) < 4.78 is 1.94. The van der Waals surface area contributed by atoms with E-state index in [1.54, 1.807) is 11.3 Å². The van der Waals surface area contributed by atoms with E-state index in [1.165, 1.54) is 0 Å². The van der Waals surface area contributed by atoms with Crippen LogP contribution in [0.3, 0.4) is 0 Å². The van der Waals surface area contributed by atoms with Gasteiger partial charge in [0.15, 0.2) is 4.96 Å². The van der Waals surface area contributed by atoms with Crippen molar-refractivity contribution in [3.63, 3.8) is 0 Å². The molecule has 1 fully saturated rings. The number of piperidine rings is 1. The van der Waals surface area contributed by atoms with Crippen molar-refractivity contribution in [3.8, 4) is 0 Å². The summed E-state index contributed by atoms with van der Waals surface area (Å²) in [5, 5.41) is 11.3. The Morgan fingerprint density at radius 3 is 3.21 bits per heavy atom. The van der Waals surface area contributed by atoms with Crippen molar-refractivity contribution in [3.05, 3.63) is 23.5 Å². The van der Waals surface area contributed by atoms with Crippen LogP contribution in [-0.2, 0) is 11.2 Å². The number of nitrogens with zero attached hydrogens (tertiary/aromatic N) is 3. The van der Waals surface area contributed by atoms with Gasteiger partial charge in [-0.2, -0.15) is 0 Å². The van der Waals surface area contributed by atoms with Crippen LogP contribution >= 0.6 is 11.3 Å². The predicted octanol–water partition coefficient (Wildman–Crippen LogP) is 1.31. The van der Waals surface area contributed by atoms with Crippen molar-refractivity contribution in [1.82, 2.24) is 14.3 Å². The van der Waals surface area contributed by atoms with Crippen LogP contribution in [0.2, 0.25) is 0 Å². The van der Waals surface area contributed by atoms with Gasteiger partial charge in [0.1, 0.15) is 0 Å². The molecule has 0 aromatic carbocycles. The van der Waals surface area contributed by atoms with E-state index in [1.807, 2.05) is 27.1 Å². The van der Waals surface area contributed by atoms with Gasteiger partial charge in [-0.1, -0.05) is 0 Å². The molecule has 2 aromatic rings. The zero-order valence-corrected chi connectivity index (χ0v) is 11.5. The van der Waals surface area contributed by atoms with Crippen molar-refractivity contribution in [1.29, 1.82) is 0 Å². The lowest BCUT2D eigenvalue weighted by molar-refractivity contribution is -0.135. The van der Waals surface area contributed by atoms with E-state index in [0.29, 0.717) is 6.42 Å². The number of likely N-dealkylation sites (tertiary alicyclic amines) is 1. The van der Waals surface area contributed by atoms with Gasteiger partial charge in [0.2, 0.25) is 5.91 Å². The summed E-state index contributed by atoms with van der Waals surface area (Å²) in [6.07, 6.45) is 7.20. The molecule has 6 heteroatoms. The summed E-state index contributed by atoms with van der Waals surface area (Å²) in [7, 11) is 0. The molecule has 0 bridgehead atoms. The van der Waals surface area contributed by atoms with E-state index in [4.69, 9.17) is 0 Å². The lowest BCUT2D eigenvalue weighted by Gasteiger charge is -2.34. The third-order valence-electron chi connectivity index (χ3n) is 3.63. The predicted molar refractivity (Wildman–Crippen MR) is 73.2 cm³/mol. The molecule has 1 saturated heterocycles. The molecule has 102 valence electrons. The van der Waals surface area contributed by atoms with Crippen LogP contribution in [0.25, 0.3) is 4.96 Å². The Kier molecular flexibility index (Phi) is 3.52. The lowest BCUT2D eigenvalue weighted by atomic mass is 10.0. The molecular weight excluding hydrogens is 262 g/mol. The molecule has 0 saturated carbocycles. The molecule has 2 aromatic heterocycles. The first-order chi connectivity index (χ1) is 9.28. The maximum Gasteiger partial charge on any atom is 0.228 e. The fourth-order valence-corrected chi connectivity index (χ4v) is 3.36. The topological polar surface area (TPSA) is 57.8 Å². The van der Waals surface area contributed by atoms with E-state index in [-0.39, 0.29) is 18.6 Å². The van der Waals surface area contributed by atoms with Crippen LogP contribution in [0, 0.1) is 0 Å². The van der Waals surface area contributed by atoms with Crippen molar-refractivity contribution >= 4 is 22.2 Å². The van der Waals surface area contributed by atoms with Gasteiger partial charge in [-0.15, -0.1) is 11.3 Å². The number of fused-ring (bicyclic) bond motifs is 1. The minimum absolute atomic E-state index is 0.00928. The molecule has 3 rings (SSSR count). The Morgan fingerprint density at radius 2 is 2.42 bits per heavy atom. The Labute approximate surface area is 115 Å². The Morgan fingerprint density at radius 1 is 1.53 bits per heavy atom. The van der Waals surface area contributed by atoms with Crippen molar-refractivity contribution in [2.24, 2.45) is 0 Å². The molecule has 1 amide bonds. The first kappa shape index (κ1) is 12.6. The molecule has 1 aliphatic rings. The van der Waals surface area contributed by atoms with Crippen LogP contribution in [0.1, 0.15) is 25.0 Å². The summed E-state index contributed by atoms with van der Waals surface area (Å²) in [5.74, 6) is 0.0736. The summed E-state index contributed by atoms with van der Waals surface area (Å²) in [5.41, 5.74) is 0.805. The number of aromatic nitrogens is 2. The van der Waals surface area contributed by atoms with Crippen molar-refractivity contribution in [2.45, 2.75) is 31.7 Å².